The third-order valence-electron chi connectivity index (χ3n) is 13.7. The van der Waals surface area contributed by atoms with E-state index in [9.17, 15) is 20.4 Å². The summed E-state index contributed by atoms with van der Waals surface area (Å²) in [4.78, 5) is 31.3. The molecule has 0 aliphatic carbocycles. The summed E-state index contributed by atoms with van der Waals surface area (Å²) in [5.74, 6) is 2.13. The summed E-state index contributed by atoms with van der Waals surface area (Å²) < 4.78 is 21.1. The van der Waals surface area contributed by atoms with Gasteiger partial charge < -0.3 is 53.6 Å². The van der Waals surface area contributed by atoms with E-state index in [1.54, 1.807) is 0 Å². The monoisotopic (exact) mass is 1100 g/mol. The summed E-state index contributed by atoms with van der Waals surface area (Å²) in [5, 5.41) is 42.0. The van der Waals surface area contributed by atoms with Crippen LogP contribution in [0.1, 0.15) is 232 Å². The van der Waals surface area contributed by atoms with Crippen molar-refractivity contribution in [3.05, 3.63) is 91.0 Å². The second-order valence-electron chi connectivity index (χ2n) is 19.9. The molecule has 0 heterocycles. The van der Waals surface area contributed by atoms with Crippen LogP contribution in [0.25, 0.3) is 0 Å². The smallest absolute Gasteiger partial charge is 0.409 e. The second kappa shape index (κ2) is 49.3. The van der Waals surface area contributed by atoms with Crippen LogP contribution in [0, 0.1) is 5.41 Å². The van der Waals surface area contributed by atoms with E-state index in [0.717, 1.165) is 25.7 Å². The molecule has 0 radical (unpaired) electrons. The minimum absolute atomic E-state index is 0.381. The van der Waals surface area contributed by atoms with Gasteiger partial charge in [0.25, 0.3) is 0 Å². The van der Waals surface area contributed by atoms with Crippen LogP contribution in [0.15, 0.2) is 91.0 Å². The largest absolute Gasteiger partial charge is 0.530 e. The Morgan fingerprint density at radius 3 is 0.743 bits per heavy atom. The number of rotatable bonds is 46. The van der Waals surface area contributed by atoms with E-state index in [0.29, 0.717) is 30.1 Å². The van der Waals surface area contributed by atoms with E-state index in [4.69, 9.17) is 33.1 Å². The van der Waals surface area contributed by atoms with Gasteiger partial charge in [-0.2, -0.15) is 0 Å². The fraction of sp³-hybridized carbons (Fsp3) is 0.695. The van der Waals surface area contributed by atoms with E-state index in [1.807, 2.05) is 91.0 Å². The van der Waals surface area contributed by atoms with Crippen molar-refractivity contribution < 1.29 is 57.9 Å². The van der Waals surface area contributed by atoms with Crippen molar-refractivity contribution in [2.45, 2.75) is 238 Å². The van der Waals surface area contributed by atoms with E-state index in [2.05, 4.69) is 18.2 Å². The molecule has 3 rings (SSSR count). The lowest BCUT2D eigenvalue weighted by atomic mass is 9.68. The van der Waals surface area contributed by atoms with Gasteiger partial charge in [-0.1, -0.05) is 274 Å². The van der Waals surface area contributed by atoms with Gasteiger partial charge >= 0.3 is 25.8 Å². The standard InChI is InChI=1S/C41H84O4.C18H15O3P.H4O5P2/c1-3-5-7-9-11-13-15-17-19-21-23-25-27-29-31-33-35-41(45,40(37-42,38-43)39-44)36-34-32-30-28-26-24-22-20-18-16-14-12-10-8-6-4-2;1-4-10-16(11-5-1)19-22(20-17-12-6-2-7-13-17)21-18-14-8-3-9-15-18;1-6(2)5-7(3)4/h42-45H,3-39H2,1-2H3;1-15H;1-4H. The zero-order valence-electron chi connectivity index (χ0n) is 45.9. The van der Waals surface area contributed by atoms with Crippen molar-refractivity contribution in [1.82, 2.24) is 0 Å². The number of benzene rings is 3. The van der Waals surface area contributed by atoms with Crippen molar-refractivity contribution in [2.24, 2.45) is 5.41 Å². The Bertz CT molecular complexity index is 1450. The fourth-order valence-corrected chi connectivity index (χ4v) is 10.5. The topological polar surface area (TPSA) is 199 Å². The highest BCUT2D eigenvalue weighted by Gasteiger charge is 2.48. The van der Waals surface area contributed by atoms with Gasteiger partial charge in [-0.25, -0.2) is 4.31 Å². The summed E-state index contributed by atoms with van der Waals surface area (Å²) in [5.41, 5.74) is -2.44. The van der Waals surface area contributed by atoms with Crippen molar-refractivity contribution in [3.8, 4) is 17.2 Å². The van der Waals surface area contributed by atoms with Crippen molar-refractivity contribution in [3.63, 3.8) is 0 Å². The third kappa shape index (κ3) is 37.7. The van der Waals surface area contributed by atoms with Crippen LogP contribution < -0.4 is 13.6 Å². The Balaban J connectivity index is 0.000000765. The predicted molar refractivity (Wildman–Crippen MR) is 309 cm³/mol. The maximum Gasteiger partial charge on any atom is 0.530 e. The van der Waals surface area contributed by atoms with Crippen LogP contribution in [0.5, 0.6) is 17.2 Å². The molecule has 15 heteroatoms. The van der Waals surface area contributed by atoms with Gasteiger partial charge in [0, 0.05) is 0 Å². The molecule has 74 heavy (non-hydrogen) atoms. The van der Waals surface area contributed by atoms with Gasteiger partial charge in [0.05, 0.1) is 30.8 Å². The van der Waals surface area contributed by atoms with E-state index in [1.165, 1.54) is 180 Å². The maximum atomic E-state index is 11.7. The summed E-state index contributed by atoms with van der Waals surface area (Å²) in [6.07, 6.45) is 43.0. The Labute approximate surface area is 453 Å². The number of hydrogen-bond donors (Lipinski definition) is 8. The lowest BCUT2D eigenvalue weighted by Gasteiger charge is -2.44. The summed E-state index contributed by atoms with van der Waals surface area (Å²) in [6, 6.07) is 28.5. The van der Waals surface area contributed by atoms with Crippen LogP contribution in [0.3, 0.4) is 0 Å². The zero-order chi connectivity index (χ0) is 54.1. The molecule has 0 saturated heterocycles. The molecule has 0 aliphatic heterocycles. The van der Waals surface area contributed by atoms with Crippen LogP contribution in [-0.2, 0) is 4.31 Å². The van der Waals surface area contributed by atoms with E-state index < -0.39 is 36.8 Å². The number of para-hydroxylation sites is 3. The number of hydrogen-bond acceptors (Lipinski definition) is 12. The van der Waals surface area contributed by atoms with Gasteiger partial charge in [0.2, 0.25) is 0 Å². The highest BCUT2D eigenvalue weighted by Crippen LogP contribution is 2.43. The van der Waals surface area contributed by atoms with Crippen LogP contribution in [0.2, 0.25) is 0 Å². The first kappa shape index (κ1) is 70.0. The fourth-order valence-electron chi connectivity index (χ4n) is 9.00. The average molecular weight is 1100 g/mol. The second-order valence-corrected chi connectivity index (χ2v) is 22.6. The molecular formula is C59H103O12P3. The lowest BCUT2D eigenvalue weighted by molar-refractivity contribution is -0.162. The quantitative estimate of drug-likeness (QED) is 0.0197. The van der Waals surface area contributed by atoms with Crippen molar-refractivity contribution in [2.75, 3.05) is 19.8 Å². The molecule has 0 bridgehead atoms. The molecule has 0 atom stereocenters. The Kier molecular flexibility index (Phi) is 46.6. The SMILES string of the molecule is CCCCCCCCCCCCCCCCCCC(O)(CCCCCCCCCCCCCCCCCC)C(CO)(CO)CO.OP(O)OP(O)O.c1ccc(OP(Oc2ccccc2)Oc2ccccc2)cc1. The molecule has 0 aromatic heterocycles. The molecule has 0 spiro atoms. The van der Waals surface area contributed by atoms with Crippen molar-refractivity contribution >= 4 is 25.8 Å². The highest BCUT2D eigenvalue weighted by molar-refractivity contribution is 7.53. The normalized spacial score (nSPS) is 11.6. The molecule has 426 valence electrons. The van der Waals surface area contributed by atoms with Crippen LogP contribution in [-0.4, -0.2) is 65.4 Å². The molecule has 0 saturated carbocycles. The Morgan fingerprint density at radius 2 is 0.554 bits per heavy atom. The van der Waals surface area contributed by atoms with E-state index in [-0.39, 0.29) is 19.8 Å². The average Bonchev–Trinajstić information content (AvgIpc) is 3.40. The zero-order valence-corrected chi connectivity index (χ0v) is 48.6. The number of unbranched alkanes of at least 4 members (excludes halogenated alkanes) is 30. The molecule has 0 aliphatic rings. The molecule has 8 N–H and O–H groups in total. The molecule has 0 amide bonds. The van der Waals surface area contributed by atoms with Crippen molar-refractivity contribution in [1.29, 1.82) is 0 Å². The molecule has 12 nitrogen and oxygen atoms in total. The molecule has 0 fully saturated rings. The Hall–Kier alpha value is -2.01. The molecule has 0 unspecified atom stereocenters. The molecule has 3 aromatic rings. The van der Waals surface area contributed by atoms with Gasteiger partial charge in [0.1, 0.15) is 17.2 Å². The maximum absolute atomic E-state index is 11.7. The van der Waals surface area contributed by atoms with Gasteiger partial charge in [0.15, 0.2) is 0 Å². The van der Waals surface area contributed by atoms with E-state index >= 15 is 0 Å². The highest BCUT2D eigenvalue weighted by atomic mass is 31.2. The number of aliphatic hydroxyl groups excluding tert-OH is 3. The molecular weight excluding hydrogens is 994 g/mol. The Morgan fingerprint density at radius 1 is 0.338 bits per heavy atom. The summed E-state index contributed by atoms with van der Waals surface area (Å²) in [6.45, 7) is 3.42. The van der Waals surface area contributed by atoms with Crippen LogP contribution >= 0.6 is 25.8 Å². The van der Waals surface area contributed by atoms with Gasteiger partial charge in [-0.15, -0.1) is 0 Å². The number of aliphatic hydroxyl groups is 4. The first-order chi connectivity index (χ1) is 36.1. The van der Waals surface area contributed by atoms with Gasteiger partial charge in [-0.3, -0.25) is 0 Å². The van der Waals surface area contributed by atoms with Crippen LogP contribution in [0.4, 0.5) is 0 Å². The summed E-state index contributed by atoms with van der Waals surface area (Å²) >= 11 is 0. The lowest BCUT2D eigenvalue weighted by Crippen LogP contribution is -2.55. The molecule has 3 aromatic carbocycles. The minimum Gasteiger partial charge on any atom is -0.409 e. The van der Waals surface area contributed by atoms with Gasteiger partial charge in [-0.05, 0) is 49.2 Å². The summed E-state index contributed by atoms with van der Waals surface area (Å²) in [7, 11) is -6.81. The minimum atomic E-state index is -2.61. The third-order valence-corrected chi connectivity index (χ3v) is 15.9. The first-order valence-corrected chi connectivity index (χ1v) is 32.1. The first-order valence-electron chi connectivity index (χ1n) is 28.7. The predicted octanol–water partition coefficient (Wildman–Crippen LogP) is 16.9.